The van der Waals surface area contributed by atoms with Gasteiger partial charge in [0.05, 0.1) is 6.54 Å². The molecule has 0 aliphatic rings. The normalized spacial score (nSPS) is 10.4. The Morgan fingerprint density at radius 3 is 2.83 bits per heavy atom. The number of hydrogen-bond donors (Lipinski definition) is 1. The van der Waals surface area contributed by atoms with E-state index in [-0.39, 0.29) is 5.91 Å². The third-order valence-corrected chi connectivity index (χ3v) is 2.91. The molecule has 4 nitrogen and oxygen atoms in total. The first-order valence-electron chi connectivity index (χ1n) is 5.89. The highest BCUT2D eigenvalue weighted by Gasteiger charge is 2.15. The van der Waals surface area contributed by atoms with E-state index < -0.39 is 0 Å². The number of nitrogens with zero attached hydrogens (tertiary/aromatic N) is 2. The lowest BCUT2D eigenvalue weighted by Crippen LogP contribution is -2.27. The highest BCUT2D eigenvalue weighted by atomic mass is 16.2. The Morgan fingerprint density at radius 2 is 2.17 bits per heavy atom. The molecular weight excluding hydrogens is 226 g/mol. The average Bonchev–Trinajstić information content (AvgIpc) is 2.84. The van der Waals surface area contributed by atoms with Gasteiger partial charge < -0.3 is 9.88 Å². The summed E-state index contributed by atoms with van der Waals surface area (Å²) in [6.07, 6.45) is 3.44. The van der Waals surface area contributed by atoms with Crippen molar-refractivity contribution in [3.05, 3.63) is 53.1 Å². The van der Waals surface area contributed by atoms with E-state index in [9.17, 15) is 4.79 Å². The van der Waals surface area contributed by atoms with E-state index in [0.717, 1.165) is 22.5 Å². The lowest BCUT2D eigenvalue weighted by molar-refractivity contribution is 0.0781. The van der Waals surface area contributed by atoms with Gasteiger partial charge in [0.2, 0.25) is 0 Å². The standard InChI is InChI=1S/C14H17N3O/c1-10-4-5-11(2)12(8-10)14(18)17(3)9-13-15-6-7-16-13/h4-8H,9H2,1-3H3,(H,15,16). The molecule has 1 heterocycles. The second-order valence-corrected chi connectivity index (χ2v) is 4.52. The number of aromatic nitrogens is 2. The van der Waals surface area contributed by atoms with Crippen LogP contribution in [0.5, 0.6) is 0 Å². The van der Waals surface area contributed by atoms with E-state index in [1.54, 1.807) is 24.3 Å². The molecule has 0 saturated heterocycles. The number of hydrogen-bond acceptors (Lipinski definition) is 2. The number of carbonyl (C=O) groups is 1. The highest BCUT2D eigenvalue weighted by Crippen LogP contribution is 2.13. The molecule has 2 rings (SSSR count). The molecule has 4 heteroatoms. The molecule has 2 aromatic rings. The minimum atomic E-state index is 0.0209. The highest BCUT2D eigenvalue weighted by molar-refractivity contribution is 5.95. The summed E-state index contributed by atoms with van der Waals surface area (Å²) in [4.78, 5) is 21.1. The quantitative estimate of drug-likeness (QED) is 0.899. The molecule has 0 aliphatic heterocycles. The van der Waals surface area contributed by atoms with Gasteiger partial charge in [-0.2, -0.15) is 0 Å². The van der Waals surface area contributed by atoms with Crippen LogP contribution in [0.15, 0.2) is 30.6 Å². The SMILES string of the molecule is Cc1ccc(C)c(C(=O)N(C)Cc2ncc[nH]2)c1. The number of carbonyl (C=O) groups excluding carboxylic acids is 1. The summed E-state index contributed by atoms with van der Waals surface area (Å²) in [7, 11) is 1.78. The Morgan fingerprint density at radius 1 is 1.39 bits per heavy atom. The van der Waals surface area contributed by atoms with Crippen LogP contribution in [0.2, 0.25) is 0 Å². The Bertz CT molecular complexity index is 546. The first-order chi connectivity index (χ1) is 8.58. The molecule has 0 saturated carbocycles. The summed E-state index contributed by atoms with van der Waals surface area (Å²) in [5.74, 6) is 0.809. The number of amides is 1. The van der Waals surface area contributed by atoms with Gasteiger partial charge in [-0.15, -0.1) is 0 Å². The molecule has 1 aromatic carbocycles. The van der Waals surface area contributed by atoms with Crippen LogP contribution in [0, 0.1) is 13.8 Å². The largest absolute Gasteiger partial charge is 0.347 e. The van der Waals surface area contributed by atoms with Crippen LogP contribution in [0.4, 0.5) is 0 Å². The Labute approximate surface area is 107 Å². The van der Waals surface area contributed by atoms with Crippen LogP contribution >= 0.6 is 0 Å². The van der Waals surface area contributed by atoms with Crippen molar-refractivity contribution in [3.8, 4) is 0 Å². The topological polar surface area (TPSA) is 49.0 Å². The third-order valence-electron chi connectivity index (χ3n) is 2.91. The number of benzene rings is 1. The predicted octanol–water partition coefficient (Wildman–Crippen LogP) is 2.30. The molecule has 0 spiro atoms. The third kappa shape index (κ3) is 2.59. The molecule has 1 amide bonds. The first-order valence-corrected chi connectivity index (χ1v) is 5.89. The van der Waals surface area contributed by atoms with Gasteiger partial charge in [0, 0.05) is 25.0 Å². The minimum Gasteiger partial charge on any atom is -0.347 e. The van der Waals surface area contributed by atoms with Gasteiger partial charge in [-0.25, -0.2) is 4.98 Å². The van der Waals surface area contributed by atoms with E-state index in [4.69, 9.17) is 0 Å². The first kappa shape index (κ1) is 12.4. The van der Waals surface area contributed by atoms with E-state index >= 15 is 0 Å². The van der Waals surface area contributed by atoms with Gasteiger partial charge in [0.15, 0.2) is 0 Å². The van der Waals surface area contributed by atoms with Crippen molar-refractivity contribution in [2.45, 2.75) is 20.4 Å². The molecule has 0 atom stereocenters. The second kappa shape index (κ2) is 5.04. The van der Waals surface area contributed by atoms with E-state index in [0.29, 0.717) is 6.54 Å². The fourth-order valence-corrected chi connectivity index (χ4v) is 1.85. The maximum Gasteiger partial charge on any atom is 0.254 e. The lowest BCUT2D eigenvalue weighted by Gasteiger charge is -2.17. The van der Waals surface area contributed by atoms with Gasteiger partial charge in [0.25, 0.3) is 5.91 Å². The van der Waals surface area contributed by atoms with Gasteiger partial charge in [-0.1, -0.05) is 17.7 Å². The summed E-state index contributed by atoms with van der Waals surface area (Å²) in [6.45, 7) is 4.43. The van der Waals surface area contributed by atoms with Gasteiger partial charge in [-0.3, -0.25) is 4.79 Å². The summed E-state index contributed by atoms with van der Waals surface area (Å²) < 4.78 is 0. The molecule has 1 aromatic heterocycles. The minimum absolute atomic E-state index is 0.0209. The zero-order valence-electron chi connectivity index (χ0n) is 10.9. The molecule has 18 heavy (non-hydrogen) atoms. The molecule has 0 fully saturated rings. The number of aryl methyl sites for hydroxylation is 2. The average molecular weight is 243 g/mol. The number of rotatable bonds is 3. The zero-order chi connectivity index (χ0) is 13.1. The maximum atomic E-state index is 12.3. The zero-order valence-corrected chi connectivity index (χ0v) is 10.9. The maximum absolute atomic E-state index is 12.3. The van der Waals surface area contributed by atoms with Crippen molar-refractivity contribution >= 4 is 5.91 Å². The van der Waals surface area contributed by atoms with E-state index in [1.165, 1.54) is 0 Å². The Kier molecular flexibility index (Phi) is 3.46. The molecule has 1 N–H and O–H groups in total. The van der Waals surface area contributed by atoms with Gasteiger partial charge in [0.1, 0.15) is 5.82 Å². The Hall–Kier alpha value is -2.10. The fourth-order valence-electron chi connectivity index (χ4n) is 1.85. The molecule has 0 unspecified atom stereocenters. The second-order valence-electron chi connectivity index (χ2n) is 4.52. The van der Waals surface area contributed by atoms with Crippen molar-refractivity contribution in [3.63, 3.8) is 0 Å². The molecule has 0 bridgehead atoms. The van der Waals surface area contributed by atoms with Crippen LogP contribution < -0.4 is 0 Å². The van der Waals surface area contributed by atoms with Crippen molar-refractivity contribution in [2.75, 3.05) is 7.05 Å². The Balaban J connectivity index is 2.17. The van der Waals surface area contributed by atoms with Gasteiger partial charge >= 0.3 is 0 Å². The lowest BCUT2D eigenvalue weighted by atomic mass is 10.0. The summed E-state index contributed by atoms with van der Waals surface area (Å²) >= 11 is 0. The van der Waals surface area contributed by atoms with Crippen LogP contribution in [0.25, 0.3) is 0 Å². The summed E-state index contributed by atoms with van der Waals surface area (Å²) in [5, 5.41) is 0. The van der Waals surface area contributed by atoms with E-state index in [2.05, 4.69) is 9.97 Å². The van der Waals surface area contributed by atoms with Gasteiger partial charge in [-0.05, 0) is 25.5 Å². The van der Waals surface area contributed by atoms with Crippen LogP contribution in [-0.4, -0.2) is 27.8 Å². The monoisotopic (exact) mass is 243 g/mol. The molecule has 0 aliphatic carbocycles. The van der Waals surface area contributed by atoms with Crippen LogP contribution in [0.1, 0.15) is 27.3 Å². The summed E-state index contributed by atoms with van der Waals surface area (Å²) in [6, 6.07) is 5.91. The smallest absolute Gasteiger partial charge is 0.254 e. The van der Waals surface area contributed by atoms with Crippen LogP contribution in [0.3, 0.4) is 0 Å². The number of aromatic amines is 1. The number of nitrogens with one attached hydrogen (secondary N) is 1. The van der Waals surface area contributed by atoms with Crippen LogP contribution in [-0.2, 0) is 6.54 Å². The predicted molar refractivity (Wildman–Crippen MR) is 70.3 cm³/mol. The molecular formula is C14H17N3O. The molecule has 0 radical (unpaired) electrons. The van der Waals surface area contributed by atoms with Crippen molar-refractivity contribution < 1.29 is 4.79 Å². The van der Waals surface area contributed by atoms with Crippen molar-refractivity contribution in [2.24, 2.45) is 0 Å². The number of H-pyrrole nitrogens is 1. The van der Waals surface area contributed by atoms with Crippen molar-refractivity contribution in [1.82, 2.24) is 14.9 Å². The summed E-state index contributed by atoms with van der Waals surface area (Å²) in [5.41, 5.74) is 2.84. The fraction of sp³-hybridized carbons (Fsp3) is 0.286. The van der Waals surface area contributed by atoms with Crippen molar-refractivity contribution in [1.29, 1.82) is 0 Å². The molecule has 94 valence electrons. The van der Waals surface area contributed by atoms with E-state index in [1.807, 2.05) is 32.0 Å². The number of imidazole rings is 1.